The van der Waals surface area contributed by atoms with Gasteiger partial charge in [0.1, 0.15) is 0 Å². The van der Waals surface area contributed by atoms with E-state index >= 15 is 0 Å². The normalized spacial score (nSPS) is 15.8. The minimum atomic E-state index is -0.183. The summed E-state index contributed by atoms with van der Waals surface area (Å²) in [7, 11) is 0. The van der Waals surface area contributed by atoms with Gasteiger partial charge in [0.05, 0.1) is 6.04 Å². The molecule has 6 heteroatoms. The largest absolute Gasteiger partial charge is 0.324 e. The van der Waals surface area contributed by atoms with Crippen LogP contribution < -0.4 is 10.6 Å². The van der Waals surface area contributed by atoms with Crippen molar-refractivity contribution in [3.05, 3.63) is 59.4 Å². The average Bonchev–Trinajstić information content (AvgIpc) is 2.49. The van der Waals surface area contributed by atoms with Crippen LogP contribution in [0.1, 0.15) is 16.7 Å². The SMILES string of the molecule is Cc1cnccc1NC(=O)C1Cc2ccccc2CN1.Cl.Cl. The first-order valence-corrected chi connectivity index (χ1v) is 6.75. The van der Waals surface area contributed by atoms with Crippen LogP contribution in [0.2, 0.25) is 0 Å². The zero-order valence-electron chi connectivity index (χ0n) is 12.2. The van der Waals surface area contributed by atoms with Gasteiger partial charge < -0.3 is 10.6 Å². The van der Waals surface area contributed by atoms with Gasteiger partial charge in [0, 0.05) is 24.6 Å². The highest BCUT2D eigenvalue weighted by molar-refractivity contribution is 5.95. The Balaban J connectivity index is 0.00000121. The molecule has 0 spiro atoms. The molecule has 22 heavy (non-hydrogen) atoms. The number of carbonyl (C=O) groups is 1. The lowest BCUT2D eigenvalue weighted by atomic mass is 9.95. The molecular weight excluding hydrogens is 321 g/mol. The molecule has 0 radical (unpaired) electrons. The van der Waals surface area contributed by atoms with Gasteiger partial charge in [-0.3, -0.25) is 9.78 Å². The highest BCUT2D eigenvalue weighted by Gasteiger charge is 2.24. The predicted molar refractivity (Wildman–Crippen MR) is 92.9 cm³/mol. The smallest absolute Gasteiger partial charge is 0.241 e. The van der Waals surface area contributed by atoms with Gasteiger partial charge in [0.15, 0.2) is 0 Å². The Labute approximate surface area is 142 Å². The maximum absolute atomic E-state index is 12.3. The zero-order chi connectivity index (χ0) is 13.9. The van der Waals surface area contributed by atoms with Crippen LogP contribution in [0.4, 0.5) is 5.69 Å². The molecule has 1 unspecified atom stereocenters. The summed E-state index contributed by atoms with van der Waals surface area (Å²) in [6, 6.07) is 9.88. The number of nitrogens with zero attached hydrogens (tertiary/aromatic N) is 1. The van der Waals surface area contributed by atoms with E-state index < -0.39 is 0 Å². The molecule has 3 rings (SSSR count). The third-order valence-electron chi connectivity index (χ3n) is 3.68. The highest BCUT2D eigenvalue weighted by Crippen LogP contribution is 2.18. The van der Waals surface area contributed by atoms with Crippen molar-refractivity contribution < 1.29 is 4.79 Å². The van der Waals surface area contributed by atoms with Crippen molar-refractivity contribution >= 4 is 36.4 Å². The molecule has 4 nitrogen and oxygen atoms in total. The molecule has 1 aliphatic rings. The molecule has 0 bridgehead atoms. The molecular formula is C16H19Cl2N3O. The number of rotatable bonds is 2. The van der Waals surface area contributed by atoms with Gasteiger partial charge in [0.2, 0.25) is 5.91 Å². The summed E-state index contributed by atoms with van der Waals surface area (Å²) in [6.07, 6.45) is 4.16. The number of fused-ring (bicyclic) bond motifs is 1. The van der Waals surface area contributed by atoms with Gasteiger partial charge in [-0.2, -0.15) is 0 Å². The predicted octanol–water partition coefficient (Wildman–Crippen LogP) is 2.89. The molecule has 1 aromatic heterocycles. The van der Waals surface area contributed by atoms with Gasteiger partial charge in [-0.1, -0.05) is 24.3 Å². The van der Waals surface area contributed by atoms with E-state index in [4.69, 9.17) is 0 Å². The maximum Gasteiger partial charge on any atom is 0.241 e. The lowest BCUT2D eigenvalue weighted by Crippen LogP contribution is -2.44. The fourth-order valence-electron chi connectivity index (χ4n) is 2.47. The molecule has 2 heterocycles. The molecule has 118 valence electrons. The van der Waals surface area contributed by atoms with Crippen molar-refractivity contribution in [3.8, 4) is 0 Å². The number of hydrogen-bond acceptors (Lipinski definition) is 3. The molecule has 0 aliphatic carbocycles. The number of amides is 1. The van der Waals surface area contributed by atoms with Gasteiger partial charge >= 0.3 is 0 Å². The van der Waals surface area contributed by atoms with Gasteiger partial charge in [-0.15, -0.1) is 24.8 Å². The first kappa shape index (κ1) is 18.4. The minimum Gasteiger partial charge on any atom is -0.324 e. The van der Waals surface area contributed by atoms with Gasteiger partial charge in [-0.25, -0.2) is 0 Å². The van der Waals surface area contributed by atoms with Crippen molar-refractivity contribution in [1.82, 2.24) is 10.3 Å². The Morgan fingerprint density at radius 2 is 1.95 bits per heavy atom. The Morgan fingerprint density at radius 1 is 1.23 bits per heavy atom. The van der Waals surface area contributed by atoms with E-state index in [9.17, 15) is 4.79 Å². The molecule has 1 aromatic carbocycles. The summed E-state index contributed by atoms with van der Waals surface area (Å²) in [5.41, 5.74) is 4.32. The number of pyridine rings is 1. The standard InChI is InChI=1S/C16H17N3O.2ClH/c1-11-9-17-7-6-14(11)19-16(20)15-8-12-4-2-3-5-13(12)10-18-15;;/h2-7,9,15,18H,8,10H2,1H3,(H,17,19,20);2*1H. The zero-order valence-corrected chi connectivity index (χ0v) is 13.8. The number of carbonyl (C=O) groups excluding carboxylic acids is 1. The summed E-state index contributed by atoms with van der Waals surface area (Å²) in [5.74, 6) is 0.00815. The number of aryl methyl sites for hydroxylation is 1. The molecule has 1 aliphatic heterocycles. The lowest BCUT2D eigenvalue weighted by Gasteiger charge is -2.25. The van der Waals surface area contributed by atoms with Gasteiger partial charge in [0.25, 0.3) is 0 Å². The van der Waals surface area contributed by atoms with E-state index in [-0.39, 0.29) is 36.8 Å². The van der Waals surface area contributed by atoms with Crippen LogP contribution in [0.25, 0.3) is 0 Å². The van der Waals surface area contributed by atoms with Gasteiger partial charge in [-0.05, 0) is 36.1 Å². The topological polar surface area (TPSA) is 54.0 Å². The van der Waals surface area contributed by atoms with Crippen molar-refractivity contribution in [2.75, 3.05) is 5.32 Å². The maximum atomic E-state index is 12.3. The third kappa shape index (κ3) is 3.97. The van der Waals surface area contributed by atoms with Crippen LogP contribution in [-0.4, -0.2) is 16.9 Å². The van der Waals surface area contributed by atoms with Crippen LogP contribution in [-0.2, 0) is 17.8 Å². The number of anilines is 1. The lowest BCUT2D eigenvalue weighted by molar-refractivity contribution is -0.118. The summed E-state index contributed by atoms with van der Waals surface area (Å²) in [6.45, 7) is 2.68. The van der Waals surface area contributed by atoms with Crippen LogP contribution in [0.5, 0.6) is 0 Å². The Morgan fingerprint density at radius 3 is 2.68 bits per heavy atom. The van der Waals surface area contributed by atoms with Crippen LogP contribution in [0.15, 0.2) is 42.7 Å². The molecule has 0 saturated heterocycles. The number of benzene rings is 1. The minimum absolute atomic E-state index is 0. The molecule has 2 N–H and O–H groups in total. The molecule has 0 fully saturated rings. The molecule has 1 amide bonds. The van der Waals surface area contributed by atoms with Crippen molar-refractivity contribution in [2.24, 2.45) is 0 Å². The quantitative estimate of drug-likeness (QED) is 0.884. The molecule has 1 atom stereocenters. The van der Waals surface area contributed by atoms with Crippen molar-refractivity contribution in [1.29, 1.82) is 0 Å². The van der Waals surface area contributed by atoms with E-state index in [0.29, 0.717) is 0 Å². The summed E-state index contributed by atoms with van der Waals surface area (Å²) in [4.78, 5) is 16.4. The first-order chi connectivity index (χ1) is 9.74. The number of nitrogens with one attached hydrogen (secondary N) is 2. The highest BCUT2D eigenvalue weighted by atomic mass is 35.5. The first-order valence-electron chi connectivity index (χ1n) is 6.75. The average molecular weight is 340 g/mol. The fourth-order valence-corrected chi connectivity index (χ4v) is 2.47. The van der Waals surface area contributed by atoms with E-state index in [2.05, 4.69) is 27.8 Å². The molecule has 0 saturated carbocycles. The Hall–Kier alpha value is -1.62. The van der Waals surface area contributed by atoms with E-state index in [1.165, 1.54) is 11.1 Å². The summed E-state index contributed by atoms with van der Waals surface area (Å²) < 4.78 is 0. The van der Waals surface area contributed by atoms with Crippen molar-refractivity contribution in [3.63, 3.8) is 0 Å². The third-order valence-corrected chi connectivity index (χ3v) is 3.68. The monoisotopic (exact) mass is 339 g/mol. The Kier molecular flexibility index (Phi) is 6.81. The molecule has 2 aromatic rings. The Bertz CT molecular complexity index is 649. The van der Waals surface area contributed by atoms with E-state index in [1.807, 2.05) is 25.1 Å². The summed E-state index contributed by atoms with van der Waals surface area (Å²) >= 11 is 0. The number of hydrogen-bond donors (Lipinski definition) is 2. The second-order valence-electron chi connectivity index (χ2n) is 5.09. The summed E-state index contributed by atoms with van der Waals surface area (Å²) in [5, 5.41) is 6.26. The van der Waals surface area contributed by atoms with E-state index in [1.54, 1.807) is 12.4 Å². The van der Waals surface area contributed by atoms with Crippen molar-refractivity contribution in [2.45, 2.75) is 25.9 Å². The van der Waals surface area contributed by atoms with Crippen LogP contribution >= 0.6 is 24.8 Å². The number of halogens is 2. The fraction of sp³-hybridized carbons (Fsp3) is 0.250. The second kappa shape index (κ2) is 8.13. The van der Waals surface area contributed by atoms with E-state index in [0.717, 1.165) is 24.2 Å². The van der Waals surface area contributed by atoms with Crippen LogP contribution in [0.3, 0.4) is 0 Å². The number of aromatic nitrogens is 1. The second-order valence-corrected chi connectivity index (χ2v) is 5.09. The van der Waals surface area contributed by atoms with Crippen LogP contribution in [0, 0.1) is 6.92 Å².